The van der Waals surface area contributed by atoms with Gasteiger partial charge in [-0.3, -0.25) is 4.90 Å². The summed E-state index contributed by atoms with van der Waals surface area (Å²) in [6, 6.07) is 8.64. The number of fused-ring (bicyclic) bond motifs is 2. The highest BCUT2D eigenvalue weighted by Crippen LogP contribution is 2.42. The topological polar surface area (TPSA) is 89.9 Å². The van der Waals surface area contributed by atoms with Gasteiger partial charge in [-0.25, -0.2) is 9.50 Å². The van der Waals surface area contributed by atoms with E-state index in [1.807, 2.05) is 4.52 Å². The Morgan fingerprint density at radius 3 is 2.76 bits per heavy atom. The van der Waals surface area contributed by atoms with Gasteiger partial charge in [0.05, 0.1) is 30.7 Å². The number of ether oxygens (including phenoxy) is 2. The highest BCUT2D eigenvalue weighted by atomic mass is 32.1. The molecule has 0 spiro atoms. The Morgan fingerprint density at radius 2 is 2.00 bits per heavy atom. The molecule has 34 heavy (non-hydrogen) atoms. The summed E-state index contributed by atoms with van der Waals surface area (Å²) in [5.41, 5.74) is 10.5. The zero-order valence-corrected chi connectivity index (χ0v) is 21.0. The monoisotopic (exact) mass is 480 g/mol. The lowest BCUT2D eigenvalue weighted by atomic mass is 10.0. The molecule has 5 rings (SSSR count). The van der Waals surface area contributed by atoms with Gasteiger partial charge in [0, 0.05) is 42.2 Å². The quantitative estimate of drug-likeness (QED) is 0.417. The summed E-state index contributed by atoms with van der Waals surface area (Å²) < 4.78 is 14.2. The number of rotatable bonds is 7. The molecule has 0 amide bonds. The van der Waals surface area contributed by atoms with Gasteiger partial charge in [0.2, 0.25) is 0 Å². The molecule has 1 aliphatic rings. The molecule has 4 aromatic rings. The standard InChI is InChI=1S/C25H32N6O2S/c1-16-9-17-11-21(34-23(17)20(10-16)32-4)19-12-18(31-22(19)24(26)28-15-29-31)13-27-14-25(2,3)30-5-7-33-8-6-30/h9-12,15,27H,5-8,13-14H2,1-4H3,(H2,26,28,29). The molecular formula is C25H32N6O2S. The minimum Gasteiger partial charge on any atom is -0.495 e. The van der Waals surface area contributed by atoms with E-state index in [1.54, 1.807) is 18.4 Å². The first-order chi connectivity index (χ1) is 16.4. The third kappa shape index (κ3) is 4.24. The number of hydrogen-bond acceptors (Lipinski definition) is 8. The largest absolute Gasteiger partial charge is 0.495 e. The summed E-state index contributed by atoms with van der Waals surface area (Å²) in [7, 11) is 1.72. The molecule has 3 aromatic heterocycles. The SMILES string of the molecule is COc1cc(C)cc2cc(-c3cc(CNCC(C)(C)N4CCOCC4)n4ncnc(N)c34)sc12. The number of anilines is 1. The molecule has 1 saturated heterocycles. The van der Waals surface area contributed by atoms with Crippen LogP contribution in [0.1, 0.15) is 25.1 Å². The van der Waals surface area contributed by atoms with E-state index < -0.39 is 0 Å². The van der Waals surface area contributed by atoms with Gasteiger partial charge in [-0.2, -0.15) is 5.10 Å². The molecule has 0 bridgehead atoms. The summed E-state index contributed by atoms with van der Waals surface area (Å²) in [6.07, 6.45) is 1.52. The molecule has 0 atom stereocenters. The first-order valence-electron chi connectivity index (χ1n) is 11.6. The number of nitrogen functional groups attached to an aromatic ring is 1. The van der Waals surface area contributed by atoms with Crippen LogP contribution in [0.15, 0.2) is 30.6 Å². The maximum atomic E-state index is 6.35. The second-order valence-electron chi connectivity index (χ2n) is 9.47. The third-order valence-electron chi connectivity index (χ3n) is 6.60. The van der Waals surface area contributed by atoms with Crippen LogP contribution in [-0.2, 0) is 11.3 Å². The van der Waals surface area contributed by atoms with Crippen molar-refractivity contribution in [1.82, 2.24) is 24.8 Å². The average molecular weight is 481 g/mol. The lowest BCUT2D eigenvalue weighted by molar-refractivity contribution is -0.00969. The smallest absolute Gasteiger partial charge is 0.152 e. The molecular weight excluding hydrogens is 448 g/mol. The third-order valence-corrected chi connectivity index (χ3v) is 7.80. The minimum absolute atomic E-state index is 0.0353. The van der Waals surface area contributed by atoms with Crippen LogP contribution in [0.25, 0.3) is 26.0 Å². The Labute approximate surface area is 203 Å². The number of hydrogen-bond donors (Lipinski definition) is 2. The molecule has 0 unspecified atom stereocenters. The van der Waals surface area contributed by atoms with Crippen LogP contribution < -0.4 is 15.8 Å². The Balaban J connectivity index is 1.46. The molecule has 1 aliphatic heterocycles. The van der Waals surface area contributed by atoms with Gasteiger partial charge >= 0.3 is 0 Å². The number of aryl methyl sites for hydroxylation is 1. The Bertz CT molecular complexity index is 1320. The van der Waals surface area contributed by atoms with Crippen molar-refractivity contribution in [3.8, 4) is 16.2 Å². The first kappa shape index (κ1) is 23.0. The van der Waals surface area contributed by atoms with E-state index in [0.717, 1.165) is 64.9 Å². The number of thiophene rings is 1. The highest BCUT2D eigenvalue weighted by molar-refractivity contribution is 7.22. The van der Waals surface area contributed by atoms with Crippen molar-refractivity contribution in [2.75, 3.05) is 45.7 Å². The average Bonchev–Trinajstić information content (AvgIpc) is 3.41. The van der Waals surface area contributed by atoms with E-state index in [-0.39, 0.29) is 5.54 Å². The molecule has 3 N–H and O–H groups in total. The van der Waals surface area contributed by atoms with Gasteiger partial charge in [-0.05, 0) is 49.9 Å². The van der Waals surface area contributed by atoms with Gasteiger partial charge in [0.15, 0.2) is 5.82 Å². The first-order valence-corrected chi connectivity index (χ1v) is 12.4. The van der Waals surface area contributed by atoms with E-state index in [2.05, 4.69) is 65.3 Å². The van der Waals surface area contributed by atoms with Crippen molar-refractivity contribution >= 4 is 32.8 Å². The van der Waals surface area contributed by atoms with Crippen molar-refractivity contribution in [2.24, 2.45) is 0 Å². The Kier molecular flexibility index (Phi) is 6.20. The number of benzene rings is 1. The summed E-state index contributed by atoms with van der Waals surface area (Å²) in [5.74, 6) is 1.37. The highest BCUT2D eigenvalue weighted by Gasteiger charge is 2.28. The van der Waals surface area contributed by atoms with E-state index in [4.69, 9.17) is 15.2 Å². The fraction of sp³-hybridized carbons (Fsp3) is 0.440. The lowest BCUT2D eigenvalue weighted by Gasteiger charge is -2.41. The maximum Gasteiger partial charge on any atom is 0.152 e. The predicted molar refractivity (Wildman–Crippen MR) is 138 cm³/mol. The van der Waals surface area contributed by atoms with Crippen LogP contribution in [0, 0.1) is 6.92 Å². The van der Waals surface area contributed by atoms with Crippen molar-refractivity contribution in [3.05, 3.63) is 41.9 Å². The summed E-state index contributed by atoms with van der Waals surface area (Å²) in [4.78, 5) is 7.88. The molecule has 1 aromatic carbocycles. The summed E-state index contributed by atoms with van der Waals surface area (Å²) in [5, 5.41) is 9.35. The summed E-state index contributed by atoms with van der Waals surface area (Å²) in [6.45, 7) is 11.7. The van der Waals surface area contributed by atoms with E-state index >= 15 is 0 Å². The normalized spacial score (nSPS) is 15.4. The number of nitrogens with zero attached hydrogens (tertiary/aromatic N) is 4. The zero-order chi connectivity index (χ0) is 23.9. The van der Waals surface area contributed by atoms with E-state index in [0.29, 0.717) is 12.4 Å². The summed E-state index contributed by atoms with van der Waals surface area (Å²) >= 11 is 1.71. The van der Waals surface area contributed by atoms with Gasteiger partial charge < -0.3 is 20.5 Å². The van der Waals surface area contributed by atoms with Gasteiger partial charge in [0.25, 0.3) is 0 Å². The minimum atomic E-state index is 0.0353. The number of nitrogens with two attached hydrogens (primary N) is 1. The van der Waals surface area contributed by atoms with Crippen LogP contribution in [0.5, 0.6) is 5.75 Å². The Hall–Kier alpha value is -2.72. The van der Waals surface area contributed by atoms with Crippen LogP contribution in [0.4, 0.5) is 5.82 Å². The van der Waals surface area contributed by atoms with Crippen molar-refractivity contribution < 1.29 is 9.47 Å². The van der Waals surface area contributed by atoms with Gasteiger partial charge in [-0.1, -0.05) is 6.07 Å². The van der Waals surface area contributed by atoms with Crippen molar-refractivity contribution in [1.29, 1.82) is 0 Å². The van der Waals surface area contributed by atoms with Crippen LogP contribution in [0.3, 0.4) is 0 Å². The van der Waals surface area contributed by atoms with Crippen LogP contribution in [0.2, 0.25) is 0 Å². The van der Waals surface area contributed by atoms with E-state index in [1.165, 1.54) is 17.3 Å². The van der Waals surface area contributed by atoms with Gasteiger partial charge in [-0.15, -0.1) is 11.3 Å². The van der Waals surface area contributed by atoms with E-state index in [9.17, 15) is 0 Å². The van der Waals surface area contributed by atoms with Crippen molar-refractivity contribution in [2.45, 2.75) is 32.9 Å². The fourth-order valence-electron chi connectivity index (χ4n) is 4.77. The van der Waals surface area contributed by atoms with Gasteiger partial charge in [0.1, 0.15) is 17.6 Å². The second-order valence-corrected chi connectivity index (χ2v) is 10.5. The molecule has 1 fully saturated rings. The molecule has 9 heteroatoms. The zero-order valence-electron chi connectivity index (χ0n) is 20.2. The number of methoxy groups -OCH3 is 1. The molecule has 180 valence electrons. The molecule has 0 radical (unpaired) electrons. The number of nitrogens with one attached hydrogen (secondary N) is 1. The molecule has 0 saturated carbocycles. The fourth-order valence-corrected chi connectivity index (χ4v) is 5.92. The molecule has 8 nitrogen and oxygen atoms in total. The molecule has 0 aliphatic carbocycles. The lowest BCUT2D eigenvalue weighted by Crippen LogP contribution is -2.54. The molecule has 4 heterocycles. The van der Waals surface area contributed by atoms with Crippen LogP contribution >= 0.6 is 11.3 Å². The maximum absolute atomic E-state index is 6.35. The predicted octanol–water partition coefficient (Wildman–Crippen LogP) is 3.71. The van der Waals surface area contributed by atoms with Crippen molar-refractivity contribution in [3.63, 3.8) is 0 Å². The Morgan fingerprint density at radius 1 is 1.21 bits per heavy atom. The number of aromatic nitrogens is 3. The number of morpholine rings is 1. The van der Waals surface area contributed by atoms with Crippen LogP contribution in [-0.4, -0.2) is 65.0 Å². The second kappa shape index (κ2) is 9.14.